The maximum atomic E-state index is 15.1. The van der Waals surface area contributed by atoms with Crippen LogP contribution in [0.25, 0.3) is 17.0 Å². The molecule has 4 aromatic rings. The van der Waals surface area contributed by atoms with E-state index in [1.165, 1.54) is 10.5 Å². The van der Waals surface area contributed by atoms with Gasteiger partial charge in [0.25, 0.3) is 5.56 Å². The molecule has 180 valence electrons. The fraction of sp³-hybridized carbons (Fsp3) is 0.360. The highest BCUT2D eigenvalue weighted by Crippen LogP contribution is 2.30. The molecule has 1 fully saturated rings. The minimum Gasteiger partial charge on any atom is -0.370 e. The van der Waals surface area contributed by atoms with Gasteiger partial charge in [-0.15, -0.1) is 0 Å². The molecule has 6 rings (SSSR count). The van der Waals surface area contributed by atoms with Crippen molar-refractivity contribution in [2.75, 3.05) is 24.6 Å². The molecule has 1 atom stereocenters. The summed E-state index contributed by atoms with van der Waals surface area (Å²) in [6.07, 6.45) is 6.94. The fourth-order valence-electron chi connectivity index (χ4n) is 4.96. The van der Waals surface area contributed by atoms with E-state index in [0.717, 1.165) is 30.5 Å². The van der Waals surface area contributed by atoms with Crippen LogP contribution in [0.5, 0.6) is 0 Å². The van der Waals surface area contributed by atoms with Gasteiger partial charge in [0.15, 0.2) is 5.82 Å². The standard InChI is InChI=1S/C25H24ClFN6O2/c1-31-13-15(12-28-31)21-14-32(8-9-35-21)22-11-23-29-20-5-3-2-4-18(20)25(34)33(23)24(30-22)17-7-6-16(26)10-19(17)27/h6-7,10-13,21H,2-5,8-9,14H2,1H3. The number of halogens is 2. The van der Waals surface area contributed by atoms with Gasteiger partial charge in [-0.25, -0.2) is 18.8 Å². The Kier molecular flexibility index (Phi) is 5.53. The van der Waals surface area contributed by atoms with Crippen molar-refractivity contribution < 1.29 is 9.13 Å². The molecule has 2 aliphatic rings. The van der Waals surface area contributed by atoms with Gasteiger partial charge in [-0.1, -0.05) is 11.6 Å². The van der Waals surface area contributed by atoms with Crippen LogP contribution in [0.3, 0.4) is 0 Å². The topological polar surface area (TPSA) is 77.6 Å². The molecular weight excluding hydrogens is 471 g/mol. The molecule has 0 spiro atoms. The molecule has 1 saturated heterocycles. The number of nitrogens with zero attached hydrogens (tertiary/aromatic N) is 6. The van der Waals surface area contributed by atoms with Crippen molar-refractivity contribution in [2.24, 2.45) is 7.05 Å². The number of aromatic nitrogens is 5. The number of fused-ring (bicyclic) bond motifs is 2. The second-order valence-electron chi connectivity index (χ2n) is 9.06. The zero-order chi connectivity index (χ0) is 24.1. The normalized spacial score (nSPS) is 18.1. The van der Waals surface area contributed by atoms with E-state index in [1.54, 1.807) is 23.0 Å². The van der Waals surface area contributed by atoms with Gasteiger partial charge in [0.1, 0.15) is 23.4 Å². The molecule has 0 radical (unpaired) electrons. The van der Waals surface area contributed by atoms with Gasteiger partial charge in [0, 0.05) is 48.5 Å². The molecule has 3 aromatic heterocycles. The molecule has 1 aromatic carbocycles. The summed E-state index contributed by atoms with van der Waals surface area (Å²) in [7, 11) is 1.87. The first kappa shape index (κ1) is 22.2. The van der Waals surface area contributed by atoms with Gasteiger partial charge in [0.2, 0.25) is 0 Å². The van der Waals surface area contributed by atoms with E-state index in [1.807, 2.05) is 19.3 Å². The molecule has 0 N–H and O–H groups in total. The van der Waals surface area contributed by atoms with E-state index in [4.69, 9.17) is 26.3 Å². The van der Waals surface area contributed by atoms with Crippen LogP contribution in [-0.4, -0.2) is 43.8 Å². The van der Waals surface area contributed by atoms with Crippen LogP contribution >= 0.6 is 11.6 Å². The Morgan fingerprint density at radius 3 is 2.83 bits per heavy atom. The number of hydrogen-bond acceptors (Lipinski definition) is 6. The van der Waals surface area contributed by atoms with E-state index < -0.39 is 5.82 Å². The van der Waals surface area contributed by atoms with E-state index in [9.17, 15) is 4.79 Å². The van der Waals surface area contributed by atoms with Gasteiger partial charge >= 0.3 is 0 Å². The largest absolute Gasteiger partial charge is 0.370 e. The lowest BCUT2D eigenvalue weighted by Gasteiger charge is -2.33. The predicted molar refractivity (Wildman–Crippen MR) is 130 cm³/mol. The molecule has 0 bridgehead atoms. The second kappa shape index (κ2) is 8.73. The Bertz CT molecular complexity index is 1500. The third kappa shape index (κ3) is 3.98. The van der Waals surface area contributed by atoms with Gasteiger partial charge in [-0.3, -0.25) is 9.48 Å². The van der Waals surface area contributed by atoms with Crippen molar-refractivity contribution in [3.05, 3.63) is 74.7 Å². The van der Waals surface area contributed by atoms with E-state index in [2.05, 4.69) is 10.00 Å². The number of ether oxygens (including phenoxy) is 1. The highest BCUT2D eigenvalue weighted by Gasteiger charge is 2.27. The summed E-state index contributed by atoms with van der Waals surface area (Å²) in [6.45, 7) is 1.66. The quantitative estimate of drug-likeness (QED) is 0.432. The van der Waals surface area contributed by atoms with Crippen LogP contribution < -0.4 is 10.5 Å². The van der Waals surface area contributed by atoms with Crippen LogP contribution in [0.2, 0.25) is 5.02 Å². The minimum atomic E-state index is -0.539. The summed E-state index contributed by atoms with van der Waals surface area (Å²) in [5.74, 6) is 0.305. The van der Waals surface area contributed by atoms with Gasteiger partial charge in [0.05, 0.1) is 24.1 Å². The van der Waals surface area contributed by atoms with Crippen LogP contribution in [0.15, 0.2) is 41.5 Å². The number of anilines is 1. The number of aryl methyl sites for hydroxylation is 2. The van der Waals surface area contributed by atoms with Crippen LogP contribution in [0.4, 0.5) is 10.2 Å². The van der Waals surface area contributed by atoms with Crippen molar-refractivity contribution in [3.63, 3.8) is 0 Å². The maximum absolute atomic E-state index is 15.1. The van der Waals surface area contributed by atoms with E-state index in [-0.39, 0.29) is 28.1 Å². The number of hydrogen-bond donors (Lipinski definition) is 0. The summed E-state index contributed by atoms with van der Waals surface area (Å²) >= 11 is 6.01. The van der Waals surface area contributed by atoms with Crippen molar-refractivity contribution in [1.29, 1.82) is 0 Å². The summed E-state index contributed by atoms with van der Waals surface area (Å²) < 4.78 is 24.3. The lowest BCUT2D eigenvalue weighted by atomic mass is 9.97. The Balaban J connectivity index is 1.52. The summed E-state index contributed by atoms with van der Waals surface area (Å²) in [5.41, 5.74) is 3.00. The zero-order valence-corrected chi connectivity index (χ0v) is 20.0. The molecular formula is C25H24ClFN6O2. The maximum Gasteiger partial charge on any atom is 0.263 e. The number of morpholine rings is 1. The van der Waals surface area contributed by atoms with Gasteiger partial charge in [-0.2, -0.15) is 5.10 Å². The predicted octanol–water partition coefficient (Wildman–Crippen LogP) is 3.74. The summed E-state index contributed by atoms with van der Waals surface area (Å²) in [6, 6.07) is 6.22. The Morgan fingerprint density at radius 2 is 2.03 bits per heavy atom. The molecule has 4 heterocycles. The molecule has 0 amide bonds. The van der Waals surface area contributed by atoms with Gasteiger partial charge in [-0.05, 0) is 43.9 Å². The van der Waals surface area contributed by atoms with Crippen LogP contribution in [0, 0.1) is 5.82 Å². The first-order chi connectivity index (χ1) is 17.0. The third-order valence-corrected chi connectivity index (χ3v) is 6.96. The van der Waals surface area contributed by atoms with E-state index >= 15 is 4.39 Å². The highest BCUT2D eigenvalue weighted by molar-refractivity contribution is 6.30. The van der Waals surface area contributed by atoms with Crippen LogP contribution in [0.1, 0.15) is 35.8 Å². The molecule has 1 aliphatic heterocycles. The van der Waals surface area contributed by atoms with Gasteiger partial charge < -0.3 is 9.64 Å². The Hall–Kier alpha value is -3.30. The number of rotatable bonds is 3. The van der Waals surface area contributed by atoms with Crippen LogP contribution in [-0.2, 0) is 24.6 Å². The zero-order valence-electron chi connectivity index (χ0n) is 19.2. The smallest absolute Gasteiger partial charge is 0.263 e. The number of benzene rings is 1. The molecule has 0 saturated carbocycles. The van der Waals surface area contributed by atoms with Crippen molar-refractivity contribution in [2.45, 2.75) is 31.8 Å². The summed E-state index contributed by atoms with van der Waals surface area (Å²) in [5, 5.41) is 4.53. The molecule has 1 unspecified atom stereocenters. The third-order valence-electron chi connectivity index (χ3n) is 6.73. The Labute approximate surface area is 205 Å². The first-order valence-corrected chi connectivity index (χ1v) is 12.1. The molecule has 35 heavy (non-hydrogen) atoms. The van der Waals surface area contributed by atoms with Crippen molar-refractivity contribution in [3.8, 4) is 11.4 Å². The molecule has 1 aliphatic carbocycles. The fourth-order valence-corrected chi connectivity index (χ4v) is 5.12. The second-order valence-corrected chi connectivity index (χ2v) is 9.49. The molecule has 10 heteroatoms. The SMILES string of the molecule is Cn1cc(C2CN(c3cc4nc5c(c(=O)n4c(-c4ccc(Cl)cc4F)n3)CCCC5)CCO2)cn1. The molecule has 8 nitrogen and oxygen atoms in total. The van der Waals surface area contributed by atoms with E-state index in [0.29, 0.717) is 43.1 Å². The van der Waals surface area contributed by atoms with Crippen molar-refractivity contribution >= 4 is 23.1 Å². The lowest BCUT2D eigenvalue weighted by molar-refractivity contribution is 0.0395. The lowest BCUT2D eigenvalue weighted by Crippen LogP contribution is -2.39. The monoisotopic (exact) mass is 494 g/mol. The average Bonchev–Trinajstić information content (AvgIpc) is 3.30. The first-order valence-electron chi connectivity index (χ1n) is 11.7. The average molecular weight is 495 g/mol. The minimum absolute atomic E-state index is 0.176. The Morgan fingerprint density at radius 1 is 1.17 bits per heavy atom. The summed E-state index contributed by atoms with van der Waals surface area (Å²) in [4.78, 5) is 25.3. The van der Waals surface area contributed by atoms with Crippen molar-refractivity contribution in [1.82, 2.24) is 24.1 Å². The highest BCUT2D eigenvalue weighted by atomic mass is 35.5.